The summed E-state index contributed by atoms with van der Waals surface area (Å²) >= 11 is 0. The topological polar surface area (TPSA) is 17.1 Å². The molecule has 1 nitrogen and oxygen atoms in total. The van der Waals surface area contributed by atoms with Gasteiger partial charge in [0.25, 0.3) is 0 Å². The molecule has 0 aliphatic heterocycles. The van der Waals surface area contributed by atoms with Crippen molar-refractivity contribution >= 4 is 15.0 Å². The van der Waals surface area contributed by atoms with Crippen LogP contribution in [0.1, 0.15) is 0 Å². The van der Waals surface area contributed by atoms with Gasteiger partial charge in [-0.15, -0.1) is 0 Å². The normalized spacial score (nSPS) is 14.0. The van der Waals surface area contributed by atoms with Crippen LogP contribution in [0.2, 0.25) is 6.82 Å². The summed E-state index contributed by atoms with van der Waals surface area (Å²) in [6.45, 7) is 1.74. The molecule has 0 aromatic heterocycles. The van der Waals surface area contributed by atoms with E-state index in [1.165, 1.54) is 0 Å². The third-order valence-electron chi connectivity index (χ3n) is 0.278. The molecule has 0 rings (SSSR count). The maximum absolute atomic E-state index is 11.0. The average molecular weight is 93.8 g/mol. The zero-order valence-corrected chi connectivity index (χ0v) is 3.99. The third-order valence-corrected chi connectivity index (χ3v) is 0.834. The Morgan fingerprint density at radius 1 is 2.00 bits per heavy atom. The van der Waals surface area contributed by atoms with Gasteiger partial charge >= 0.3 is 0 Å². The van der Waals surface area contributed by atoms with E-state index in [1.54, 1.807) is 6.82 Å². The van der Waals surface area contributed by atoms with Crippen LogP contribution in [-0.4, -0.2) is 7.00 Å². The molecule has 1 unspecified atom stereocenters. The first kappa shape index (κ1) is 5.22. The van der Waals surface area contributed by atoms with Gasteiger partial charge in [-0.2, -0.15) is 0 Å². The van der Waals surface area contributed by atoms with Gasteiger partial charge in [-0.3, -0.25) is 0 Å². The van der Waals surface area contributed by atoms with E-state index in [4.69, 9.17) is 0 Å². The quantitative estimate of drug-likeness (QED) is 0.347. The van der Waals surface area contributed by atoms with Crippen molar-refractivity contribution in [2.75, 3.05) is 0 Å². The molecule has 0 aromatic rings. The van der Waals surface area contributed by atoms with Crippen molar-refractivity contribution in [1.82, 2.24) is 0 Å². The van der Waals surface area contributed by atoms with Crippen LogP contribution in [-0.2, 0) is 4.57 Å². The second-order valence-corrected chi connectivity index (χ2v) is 2.13. The molecule has 0 bridgehead atoms. The lowest BCUT2D eigenvalue weighted by Crippen LogP contribution is -1.57. The minimum Gasteiger partial charge on any atom is -0.302 e. The van der Waals surface area contributed by atoms with Crippen LogP contribution >= 0.6 is 7.99 Å². The van der Waals surface area contributed by atoms with E-state index in [1.807, 2.05) is 0 Å². The average Bonchev–Trinajstić information content (AvgIpc) is 1.38. The molecule has 0 aromatic carbocycles. The number of rotatable bonds is 1. The molecule has 4 heteroatoms. The van der Waals surface area contributed by atoms with E-state index in [0.717, 1.165) is 0 Å². The molecule has 5 heavy (non-hydrogen) atoms. The van der Waals surface area contributed by atoms with Crippen LogP contribution in [0.3, 0.4) is 0 Å². The van der Waals surface area contributed by atoms with Gasteiger partial charge in [-0.25, -0.2) is 4.20 Å². The molecule has 0 amide bonds. The Kier molecular flexibility index (Phi) is 2.57. The van der Waals surface area contributed by atoms with Crippen LogP contribution in [0.15, 0.2) is 0 Å². The first-order valence-electron chi connectivity index (χ1n) is 1.45. The fourth-order valence-electron chi connectivity index (χ4n) is 0. The van der Waals surface area contributed by atoms with Crippen molar-refractivity contribution in [2.24, 2.45) is 0 Å². The SMILES string of the molecule is CB[PH](=O)F. The summed E-state index contributed by atoms with van der Waals surface area (Å²) in [5, 5.41) is 0. The minimum absolute atomic E-state index is 0.185. The molecule has 0 saturated heterocycles. The standard InChI is InChI=1S/CH5BFOP/c1-2-5(3)4/h2,5H,1H3. The van der Waals surface area contributed by atoms with Crippen LogP contribution in [0.4, 0.5) is 4.20 Å². The van der Waals surface area contributed by atoms with E-state index in [2.05, 4.69) is 0 Å². The van der Waals surface area contributed by atoms with E-state index < -0.39 is 7.99 Å². The first-order chi connectivity index (χ1) is 2.27. The monoisotopic (exact) mass is 94.0 g/mol. The molecule has 0 heterocycles. The van der Waals surface area contributed by atoms with Crippen molar-refractivity contribution < 1.29 is 8.76 Å². The molecular weight excluding hydrogens is 88.8 g/mol. The predicted octanol–water partition coefficient (Wildman–Crippen LogP) is 0.830. The number of halogens is 1. The highest BCUT2D eigenvalue weighted by atomic mass is 31.1. The molecule has 0 saturated carbocycles. The predicted molar refractivity (Wildman–Crippen MR) is 23.1 cm³/mol. The van der Waals surface area contributed by atoms with E-state index in [9.17, 15) is 8.76 Å². The molecule has 0 spiro atoms. The fourth-order valence-corrected chi connectivity index (χ4v) is 0. The summed E-state index contributed by atoms with van der Waals surface area (Å²) in [6, 6.07) is 0. The lowest BCUT2D eigenvalue weighted by atomic mass is 10.2. The molecule has 0 radical (unpaired) electrons. The summed E-state index contributed by atoms with van der Waals surface area (Å²) < 4.78 is 20.3. The molecule has 30 valence electrons. The maximum Gasteiger partial charge on any atom is 0.234 e. The Morgan fingerprint density at radius 3 is 2.20 bits per heavy atom. The fraction of sp³-hybridized carbons (Fsp3) is 1.00. The van der Waals surface area contributed by atoms with Gasteiger partial charge in [0.1, 0.15) is 0 Å². The Labute approximate surface area is 31.7 Å². The first-order valence-corrected chi connectivity index (χ1v) is 2.95. The molecular formula is CH5BFOP. The van der Waals surface area contributed by atoms with Gasteiger partial charge < -0.3 is 4.57 Å². The largest absolute Gasteiger partial charge is 0.302 e. The van der Waals surface area contributed by atoms with Gasteiger partial charge in [0.2, 0.25) is 7.00 Å². The lowest BCUT2D eigenvalue weighted by molar-refractivity contribution is 0.570. The van der Waals surface area contributed by atoms with Crippen molar-refractivity contribution in [3.8, 4) is 0 Å². The number of hydrogen-bond acceptors (Lipinski definition) is 1. The smallest absolute Gasteiger partial charge is 0.234 e. The zero-order chi connectivity index (χ0) is 4.28. The highest BCUT2D eigenvalue weighted by Crippen LogP contribution is 2.15. The lowest BCUT2D eigenvalue weighted by Gasteiger charge is -1.66. The van der Waals surface area contributed by atoms with Gasteiger partial charge in [-0.05, 0) is 0 Å². The van der Waals surface area contributed by atoms with Gasteiger partial charge in [-0.1, -0.05) is 6.82 Å². The molecule has 1 atom stereocenters. The third kappa shape index (κ3) is 4.22. The second kappa shape index (κ2) is 2.46. The van der Waals surface area contributed by atoms with Gasteiger partial charge in [0.05, 0.1) is 0 Å². The summed E-state index contributed by atoms with van der Waals surface area (Å²) in [6.07, 6.45) is 0. The highest BCUT2D eigenvalue weighted by Gasteiger charge is 1.84. The van der Waals surface area contributed by atoms with Crippen LogP contribution < -0.4 is 0 Å². The van der Waals surface area contributed by atoms with Crippen molar-refractivity contribution in [1.29, 1.82) is 0 Å². The number of hydrogen-bond donors (Lipinski definition) is 0. The van der Waals surface area contributed by atoms with Crippen molar-refractivity contribution in [2.45, 2.75) is 6.82 Å². The van der Waals surface area contributed by atoms with Gasteiger partial charge in [0.15, 0.2) is 7.99 Å². The highest BCUT2D eigenvalue weighted by molar-refractivity contribution is 7.71. The second-order valence-electron chi connectivity index (χ2n) is 0.709. The van der Waals surface area contributed by atoms with E-state index in [-0.39, 0.29) is 7.00 Å². The van der Waals surface area contributed by atoms with E-state index in [0.29, 0.717) is 0 Å². The summed E-state index contributed by atoms with van der Waals surface area (Å²) in [5.41, 5.74) is 0. The Balaban J connectivity index is 2.85. The summed E-state index contributed by atoms with van der Waals surface area (Å²) in [7, 11) is -2.62. The summed E-state index contributed by atoms with van der Waals surface area (Å²) in [5.74, 6) is 0. The van der Waals surface area contributed by atoms with Crippen molar-refractivity contribution in [3.05, 3.63) is 0 Å². The Bertz CT molecular complexity index is 46.9. The molecule has 0 fully saturated rings. The van der Waals surface area contributed by atoms with Crippen LogP contribution in [0.25, 0.3) is 0 Å². The van der Waals surface area contributed by atoms with Crippen molar-refractivity contribution in [3.63, 3.8) is 0 Å². The Hall–Kier alpha value is 0.225. The van der Waals surface area contributed by atoms with Crippen LogP contribution in [0, 0.1) is 0 Å². The maximum atomic E-state index is 11.0. The van der Waals surface area contributed by atoms with E-state index >= 15 is 0 Å². The zero-order valence-electron chi connectivity index (χ0n) is 2.99. The molecule has 0 aliphatic rings. The molecule has 0 aliphatic carbocycles. The van der Waals surface area contributed by atoms with Gasteiger partial charge in [0, 0.05) is 0 Å². The minimum atomic E-state index is -2.62. The van der Waals surface area contributed by atoms with Crippen LogP contribution in [0.5, 0.6) is 0 Å². The summed E-state index contributed by atoms with van der Waals surface area (Å²) in [4.78, 5) is 0. The molecule has 0 N–H and O–H groups in total. The Morgan fingerprint density at radius 2 is 2.20 bits per heavy atom.